The largest absolute Gasteiger partial charge is 0.393 e. The summed E-state index contributed by atoms with van der Waals surface area (Å²) < 4.78 is 14.4. The molecule has 2 bridgehead atoms. The van der Waals surface area contributed by atoms with E-state index in [-0.39, 0.29) is 34.2 Å². The third kappa shape index (κ3) is 6.37. The molecule has 0 saturated heterocycles. The summed E-state index contributed by atoms with van der Waals surface area (Å²) in [6.07, 6.45) is 4.55. The number of carbonyl (C=O) groups excluding carboxylic acids is 2. The van der Waals surface area contributed by atoms with Crippen molar-refractivity contribution in [1.82, 2.24) is 15.3 Å². The molecule has 1 aromatic heterocycles. The van der Waals surface area contributed by atoms with Crippen molar-refractivity contribution < 1.29 is 14.0 Å². The first-order valence-electron chi connectivity index (χ1n) is 13.0. The van der Waals surface area contributed by atoms with Gasteiger partial charge >= 0.3 is 0 Å². The monoisotopic (exact) mass is 568 g/mol. The van der Waals surface area contributed by atoms with Gasteiger partial charge in [0.25, 0.3) is 5.91 Å². The fourth-order valence-electron chi connectivity index (χ4n) is 4.71. The van der Waals surface area contributed by atoms with Gasteiger partial charge in [0.1, 0.15) is 11.5 Å². The molecule has 2 amide bonds. The maximum atomic E-state index is 14.4. The Morgan fingerprint density at radius 2 is 2.05 bits per heavy atom. The molecule has 1 aliphatic heterocycles. The number of carbonyl (C=O) groups is 2. The summed E-state index contributed by atoms with van der Waals surface area (Å²) in [4.78, 5) is 34.2. The first-order chi connectivity index (χ1) is 19.1. The Balaban J connectivity index is 1.63. The topological polar surface area (TPSA) is 154 Å². The lowest BCUT2D eigenvalue weighted by atomic mass is 9.88. The predicted octanol–water partition coefficient (Wildman–Crippen LogP) is 4.64. The quantitative estimate of drug-likeness (QED) is 0.144. The number of halogens is 2. The van der Waals surface area contributed by atoms with Crippen LogP contribution in [0.1, 0.15) is 45.0 Å². The highest BCUT2D eigenvalue weighted by Gasteiger charge is 2.27. The minimum absolute atomic E-state index is 0.0389. The highest BCUT2D eigenvalue weighted by atomic mass is 35.5. The van der Waals surface area contributed by atoms with Crippen LogP contribution in [0.5, 0.6) is 0 Å². The highest BCUT2D eigenvalue weighted by Crippen LogP contribution is 2.33. The van der Waals surface area contributed by atoms with E-state index >= 15 is 0 Å². The van der Waals surface area contributed by atoms with E-state index in [0.29, 0.717) is 36.5 Å². The fourth-order valence-corrected chi connectivity index (χ4v) is 4.88. The van der Waals surface area contributed by atoms with Crippen molar-refractivity contribution in [3.8, 4) is 11.3 Å². The predicted molar refractivity (Wildman–Crippen MR) is 156 cm³/mol. The summed E-state index contributed by atoms with van der Waals surface area (Å²) >= 11 is 5.84. The lowest BCUT2D eigenvalue weighted by Crippen LogP contribution is -2.36. The van der Waals surface area contributed by atoms with Crippen LogP contribution in [0.4, 0.5) is 21.5 Å². The van der Waals surface area contributed by atoms with E-state index in [1.54, 1.807) is 6.20 Å². The minimum atomic E-state index is -0.732. The Kier molecular flexibility index (Phi) is 8.96. The average molecular weight is 569 g/mol. The molecular weight excluding hydrogens is 535 g/mol. The molecule has 8 N–H and O–H groups in total. The smallest absolute Gasteiger partial charge is 0.269 e. The summed E-state index contributed by atoms with van der Waals surface area (Å²) in [5.41, 5.74) is 8.72. The molecule has 0 spiro atoms. The van der Waals surface area contributed by atoms with E-state index in [1.165, 1.54) is 18.2 Å². The molecule has 10 nitrogen and oxygen atoms in total. The van der Waals surface area contributed by atoms with Gasteiger partial charge in [-0.1, -0.05) is 37.9 Å². The second-order valence-corrected chi connectivity index (χ2v) is 10.5. The summed E-state index contributed by atoms with van der Waals surface area (Å²) in [7, 11) is 1.81. The number of hydrazine groups is 1. The van der Waals surface area contributed by atoms with Crippen molar-refractivity contribution in [2.45, 2.75) is 39.2 Å². The van der Waals surface area contributed by atoms with Crippen LogP contribution in [0.2, 0.25) is 5.02 Å². The number of fused-ring (bicyclic) bond motifs is 4. The van der Waals surface area contributed by atoms with Crippen LogP contribution in [-0.2, 0) is 9.59 Å². The molecule has 2 heterocycles. The number of imidazole rings is 1. The van der Waals surface area contributed by atoms with E-state index in [0.717, 1.165) is 22.5 Å². The van der Waals surface area contributed by atoms with E-state index in [9.17, 15) is 14.0 Å². The molecule has 212 valence electrons. The Morgan fingerprint density at radius 3 is 2.77 bits per heavy atom. The first-order valence-corrected chi connectivity index (χ1v) is 13.4. The zero-order chi connectivity index (χ0) is 29.0. The van der Waals surface area contributed by atoms with Gasteiger partial charge in [0, 0.05) is 24.2 Å². The molecule has 2 aromatic carbocycles. The number of rotatable bonds is 6. The second-order valence-electron chi connectivity index (χ2n) is 10.1. The number of benzene rings is 2. The van der Waals surface area contributed by atoms with E-state index in [2.05, 4.69) is 25.9 Å². The van der Waals surface area contributed by atoms with Gasteiger partial charge in [-0.05, 0) is 49.1 Å². The van der Waals surface area contributed by atoms with Gasteiger partial charge < -0.3 is 26.7 Å². The van der Waals surface area contributed by atoms with Gasteiger partial charge in [-0.2, -0.15) is 0 Å². The van der Waals surface area contributed by atoms with Crippen molar-refractivity contribution in [1.29, 1.82) is 0 Å². The van der Waals surface area contributed by atoms with Crippen LogP contribution in [0.3, 0.4) is 0 Å². The van der Waals surface area contributed by atoms with Crippen molar-refractivity contribution in [3.63, 3.8) is 0 Å². The van der Waals surface area contributed by atoms with Crippen LogP contribution >= 0.6 is 11.6 Å². The summed E-state index contributed by atoms with van der Waals surface area (Å²) in [6.45, 7) is 4.04. The number of H-pyrrole nitrogens is 1. The Bertz CT molecular complexity index is 1420. The number of anilines is 3. The van der Waals surface area contributed by atoms with E-state index in [1.807, 2.05) is 39.1 Å². The fraction of sp³-hybridized carbons (Fsp3) is 0.321. The molecule has 4 rings (SSSR count). The van der Waals surface area contributed by atoms with Gasteiger partial charge in [0.05, 0.1) is 40.5 Å². The number of nitrogens with two attached hydrogens (primary N) is 2. The third-order valence-corrected chi connectivity index (χ3v) is 7.28. The Hall–Kier alpha value is -4.09. The first kappa shape index (κ1) is 28.9. The van der Waals surface area contributed by atoms with Crippen LogP contribution < -0.4 is 32.5 Å². The minimum Gasteiger partial charge on any atom is -0.393 e. The van der Waals surface area contributed by atoms with Crippen LogP contribution in [0, 0.1) is 17.7 Å². The number of hydrogen-bond acceptors (Lipinski definition) is 7. The van der Waals surface area contributed by atoms with Crippen LogP contribution in [0.15, 0.2) is 54.5 Å². The maximum absolute atomic E-state index is 14.4. The van der Waals surface area contributed by atoms with Gasteiger partial charge in [-0.15, -0.1) is 0 Å². The van der Waals surface area contributed by atoms with E-state index < -0.39 is 17.8 Å². The molecule has 1 aliphatic rings. The number of aromatic amines is 1. The molecule has 0 radical (unpaired) electrons. The van der Waals surface area contributed by atoms with Crippen molar-refractivity contribution in [2.75, 3.05) is 22.7 Å². The van der Waals surface area contributed by atoms with E-state index in [4.69, 9.17) is 23.2 Å². The summed E-state index contributed by atoms with van der Waals surface area (Å²) in [6, 6.07) is 9.49. The molecule has 2 unspecified atom stereocenters. The Labute approximate surface area is 237 Å². The number of hydrogen-bond donors (Lipinski definition) is 6. The van der Waals surface area contributed by atoms with Gasteiger partial charge in [0.15, 0.2) is 5.82 Å². The number of nitrogens with one attached hydrogen (secondary N) is 4. The standard InChI is InChI=1S/C28H34ClFN8O2/c1-15(2)17-6-4-8-21(36-28(40)20(31)14-38(32)24-9-5-7-19(29)25(24)30)26-34-13-23(35-26)18-11-10-16(33-3)12-22(18)37-27(17)39/h5,7,9-15,17,21,33H,4,6,8,31-32H2,1-3H3,(H,34,35)(H,36,40)(H,37,39)/b20-14-. The number of nitrogens with zero attached hydrogens (tertiary/aromatic N) is 2. The molecule has 12 heteroatoms. The average Bonchev–Trinajstić information content (AvgIpc) is 3.40. The Morgan fingerprint density at radius 1 is 1.27 bits per heavy atom. The molecule has 3 aromatic rings. The van der Waals surface area contributed by atoms with Gasteiger partial charge in [-0.3, -0.25) is 14.6 Å². The highest BCUT2D eigenvalue weighted by molar-refractivity contribution is 6.31. The molecule has 40 heavy (non-hydrogen) atoms. The van der Waals surface area contributed by atoms with Crippen molar-refractivity contribution >= 4 is 40.5 Å². The van der Waals surface area contributed by atoms with Gasteiger partial charge in [-0.25, -0.2) is 15.2 Å². The zero-order valence-corrected chi connectivity index (χ0v) is 23.3. The SMILES string of the molecule is CNc1ccc2c(c1)NC(=O)C(C(C)C)CCCC(NC(=O)/C(N)=C/N(N)c1cccc(Cl)c1F)c1ncc-2[nH]1. The number of aromatic nitrogens is 2. The normalized spacial score (nSPS) is 17.8. The van der Waals surface area contributed by atoms with Crippen molar-refractivity contribution in [2.24, 2.45) is 23.4 Å². The van der Waals surface area contributed by atoms with Gasteiger partial charge in [0.2, 0.25) is 5.91 Å². The lowest BCUT2D eigenvalue weighted by Gasteiger charge is -2.24. The molecule has 0 saturated carbocycles. The lowest BCUT2D eigenvalue weighted by molar-refractivity contribution is -0.121. The molecular formula is C28H34ClFN8O2. The summed E-state index contributed by atoms with van der Waals surface area (Å²) in [5, 5.41) is 9.92. The molecule has 2 atom stereocenters. The third-order valence-electron chi connectivity index (χ3n) is 6.99. The van der Waals surface area contributed by atoms with Crippen LogP contribution in [-0.4, -0.2) is 28.8 Å². The van der Waals surface area contributed by atoms with Crippen molar-refractivity contribution in [3.05, 3.63) is 71.2 Å². The molecule has 0 aliphatic carbocycles. The van der Waals surface area contributed by atoms with Crippen LogP contribution in [0.25, 0.3) is 11.3 Å². The maximum Gasteiger partial charge on any atom is 0.269 e. The molecule has 0 fully saturated rings. The summed E-state index contributed by atoms with van der Waals surface area (Å²) in [5.74, 6) is 4.97. The number of amides is 2. The zero-order valence-electron chi connectivity index (χ0n) is 22.6. The second kappa shape index (κ2) is 12.4.